The highest BCUT2D eigenvalue weighted by atomic mass is 31.2. The molecule has 29 heavy (non-hydrogen) atoms. The van der Waals surface area contributed by atoms with E-state index in [1.165, 1.54) is 16.8 Å². The van der Waals surface area contributed by atoms with E-state index in [0.29, 0.717) is 0 Å². The number of ether oxygens (including phenoxy) is 3. The van der Waals surface area contributed by atoms with E-state index in [9.17, 15) is 9.36 Å². The summed E-state index contributed by atoms with van der Waals surface area (Å²) in [5, 5.41) is 8.91. The Labute approximate surface area is 167 Å². The molecular weight excluding hydrogens is 409 g/mol. The third-order valence-electron chi connectivity index (χ3n) is 4.32. The van der Waals surface area contributed by atoms with Crippen molar-refractivity contribution in [3.8, 4) is 0 Å². The van der Waals surface area contributed by atoms with Gasteiger partial charge in [0.25, 0.3) is 0 Å². The van der Waals surface area contributed by atoms with Gasteiger partial charge >= 0.3 is 13.5 Å². The van der Waals surface area contributed by atoms with Crippen LogP contribution in [0.5, 0.6) is 0 Å². The number of phosphoric acid groups is 1. The lowest BCUT2D eigenvalue weighted by molar-refractivity contribution is -0.200. The summed E-state index contributed by atoms with van der Waals surface area (Å²) in [4.78, 5) is 16.0. The number of nitrogens with zero attached hydrogens (tertiary/aromatic N) is 2. The first-order valence-corrected chi connectivity index (χ1v) is 10.7. The van der Waals surface area contributed by atoms with Crippen LogP contribution in [-0.2, 0) is 32.3 Å². The number of fused-ring (bicyclic) bond motifs is 1. The van der Waals surface area contributed by atoms with Crippen molar-refractivity contribution in [2.24, 2.45) is 0 Å². The zero-order valence-electron chi connectivity index (χ0n) is 16.6. The van der Waals surface area contributed by atoms with Crippen LogP contribution in [0.4, 0.5) is 5.82 Å². The van der Waals surface area contributed by atoms with Crippen molar-refractivity contribution in [3.05, 3.63) is 22.7 Å². The van der Waals surface area contributed by atoms with Gasteiger partial charge in [0.1, 0.15) is 18.3 Å². The van der Waals surface area contributed by atoms with Gasteiger partial charge < -0.3 is 14.2 Å². The molecule has 164 valence electrons. The minimum atomic E-state index is -3.75. The van der Waals surface area contributed by atoms with Crippen LogP contribution >= 0.6 is 7.82 Å². The lowest BCUT2D eigenvalue weighted by Gasteiger charge is -2.25. The summed E-state index contributed by atoms with van der Waals surface area (Å²) in [5.41, 5.74) is 1.16. The van der Waals surface area contributed by atoms with Gasteiger partial charge in [0, 0.05) is 6.20 Å². The molecule has 0 bridgehead atoms. The van der Waals surface area contributed by atoms with Gasteiger partial charge in [0.2, 0.25) is 0 Å². The Morgan fingerprint density at radius 1 is 1.24 bits per heavy atom. The van der Waals surface area contributed by atoms with Gasteiger partial charge in [-0.05, 0) is 33.8 Å². The Balaban J connectivity index is 1.81. The van der Waals surface area contributed by atoms with Gasteiger partial charge in [0.05, 0.1) is 19.8 Å². The highest BCUT2D eigenvalue weighted by molar-refractivity contribution is 7.48. The maximum atomic E-state index is 12.6. The normalized spacial score (nSPS) is 28.4. The summed E-state index contributed by atoms with van der Waals surface area (Å²) < 4.78 is 47.3. The average Bonchev–Trinajstić information content (AvgIpc) is 3.13. The van der Waals surface area contributed by atoms with Crippen molar-refractivity contribution in [2.45, 2.75) is 58.0 Å². The van der Waals surface area contributed by atoms with Crippen LogP contribution < -0.4 is 11.2 Å². The molecule has 0 amide bonds. The Morgan fingerprint density at radius 3 is 2.48 bits per heavy atom. The van der Waals surface area contributed by atoms with E-state index in [1.807, 2.05) is 5.48 Å². The number of anilines is 1. The molecule has 2 fully saturated rings. The molecule has 2 saturated heterocycles. The largest absolute Gasteiger partial charge is 0.474 e. The Morgan fingerprint density at radius 2 is 1.90 bits per heavy atom. The standard InChI is InChI=1S/C16H26N3O9P/c1-5-23-29(22,24-6-2)25-9-10-12-13(28-16(3,4)27-12)14(26-10)19-8-7-11(18-21)17-15(19)20/h7-8,10,12-14,21H,5-6,9H2,1-4H3,(H,17,18,20)/t10-,12+,13?,14-/m1/s1. The van der Waals surface area contributed by atoms with Crippen molar-refractivity contribution in [1.82, 2.24) is 9.55 Å². The van der Waals surface area contributed by atoms with Crippen molar-refractivity contribution < 1.29 is 37.6 Å². The van der Waals surface area contributed by atoms with Gasteiger partial charge in [-0.2, -0.15) is 4.98 Å². The summed E-state index contributed by atoms with van der Waals surface area (Å²) >= 11 is 0. The van der Waals surface area contributed by atoms with Crippen LogP contribution in [0.2, 0.25) is 0 Å². The topological polar surface area (TPSA) is 140 Å². The second-order valence-corrected chi connectivity index (χ2v) is 8.49. The van der Waals surface area contributed by atoms with Gasteiger partial charge in [-0.15, -0.1) is 0 Å². The maximum absolute atomic E-state index is 12.6. The second kappa shape index (κ2) is 8.78. The van der Waals surface area contributed by atoms with Crippen LogP contribution in [0, 0.1) is 0 Å². The molecule has 1 unspecified atom stereocenters. The van der Waals surface area contributed by atoms with Gasteiger partial charge in [-0.1, -0.05) is 0 Å². The quantitative estimate of drug-likeness (QED) is 0.432. The van der Waals surface area contributed by atoms with E-state index in [1.54, 1.807) is 27.7 Å². The molecule has 13 heteroatoms. The molecule has 1 aromatic rings. The van der Waals surface area contributed by atoms with Crippen molar-refractivity contribution in [3.63, 3.8) is 0 Å². The average molecular weight is 435 g/mol. The molecule has 0 spiro atoms. The van der Waals surface area contributed by atoms with Crippen LogP contribution in [0.1, 0.15) is 33.9 Å². The van der Waals surface area contributed by atoms with Crippen molar-refractivity contribution in [1.29, 1.82) is 0 Å². The number of phosphoric ester groups is 1. The lowest BCUT2D eigenvalue weighted by atomic mass is 10.1. The Kier molecular flexibility index (Phi) is 6.76. The number of rotatable bonds is 9. The minimum Gasteiger partial charge on any atom is -0.346 e. The Hall–Kier alpha value is -1.37. The molecule has 1 aromatic heterocycles. The number of hydrogen-bond donors (Lipinski definition) is 2. The van der Waals surface area contributed by atoms with Crippen molar-refractivity contribution in [2.75, 3.05) is 25.3 Å². The van der Waals surface area contributed by atoms with Crippen LogP contribution in [-0.4, -0.2) is 58.7 Å². The zero-order chi connectivity index (χ0) is 21.2. The number of nitrogens with one attached hydrogen (secondary N) is 1. The third kappa shape index (κ3) is 4.86. The van der Waals surface area contributed by atoms with E-state index < -0.39 is 43.8 Å². The smallest absolute Gasteiger partial charge is 0.346 e. The summed E-state index contributed by atoms with van der Waals surface area (Å²) in [5.74, 6) is -0.915. The van der Waals surface area contributed by atoms with Gasteiger partial charge in [0.15, 0.2) is 17.8 Å². The van der Waals surface area contributed by atoms with Crippen LogP contribution in [0.3, 0.4) is 0 Å². The fraction of sp³-hybridized carbons (Fsp3) is 0.750. The molecule has 3 rings (SSSR count). The summed E-state index contributed by atoms with van der Waals surface area (Å²) in [6, 6.07) is 1.41. The summed E-state index contributed by atoms with van der Waals surface area (Å²) in [7, 11) is -3.75. The van der Waals surface area contributed by atoms with Gasteiger partial charge in [-0.3, -0.25) is 28.8 Å². The molecule has 2 aliphatic rings. The van der Waals surface area contributed by atoms with Crippen molar-refractivity contribution >= 4 is 13.6 Å². The molecule has 4 atom stereocenters. The van der Waals surface area contributed by atoms with Crippen LogP contribution in [0.15, 0.2) is 17.1 Å². The Bertz CT molecular complexity index is 807. The highest BCUT2D eigenvalue weighted by Crippen LogP contribution is 2.51. The second-order valence-electron chi connectivity index (χ2n) is 6.82. The van der Waals surface area contributed by atoms with E-state index in [0.717, 1.165) is 0 Å². The van der Waals surface area contributed by atoms with E-state index in [-0.39, 0.29) is 25.6 Å². The molecule has 2 aliphatic heterocycles. The molecule has 0 radical (unpaired) electrons. The number of aromatic nitrogens is 2. The predicted molar refractivity (Wildman–Crippen MR) is 98.5 cm³/mol. The summed E-state index contributed by atoms with van der Waals surface area (Å²) in [6.07, 6.45) is -1.37. The SMILES string of the molecule is CCOP(=O)(OCC)OC[C@H]1O[C@@H](n2ccc(NO)nc2=O)C2OC(C)(C)O[C@H]21. The fourth-order valence-electron chi connectivity index (χ4n) is 3.28. The molecular formula is C16H26N3O9P. The number of hydrogen-bond acceptors (Lipinski definition) is 11. The first kappa shape index (κ1) is 22.3. The first-order chi connectivity index (χ1) is 13.7. The van der Waals surface area contributed by atoms with E-state index in [2.05, 4.69) is 4.98 Å². The van der Waals surface area contributed by atoms with E-state index in [4.69, 9.17) is 33.0 Å². The molecule has 0 aliphatic carbocycles. The maximum Gasteiger partial charge on any atom is 0.474 e. The zero-order valence-corrected chi connectivity index (χ0v) is 17.5. The molecule has 2 N–H and O–H groups in total. The first-order valence-electron chi connectivity index (χ1n) is 9.26. The minimum absolute atomic E-state index is 0.000956. The van der Waals surface area contributed by atoms with Gasteiger partial charge in [-0.25, -0.2) is 9.36 Å². The third-order valence-corrected chi connectivity index (χ3v) is 5.93. The summed E-state index contributed by atoms with van der Waals surface area (Å²) in [6.45, 7) is 6.97. The van der Waals surface area contributed by atoms with E-state index >= 15 is 0 Å². The van der Waals surface area contributed by atoms with Crippen LogP contribution in [0.25, 0.3) is 0 Å². The molecule has 3 heterocycles. The molecule has 12 nitrogen and oxygen atoms in total. The molecule has 0 aromatic carbocycles. The highest BCUT2D eigenvalue weighted by Gasteiger charge is 2.56. The molecule has 0 saturated carbocycles. The monoisotopic (exact) mass is 435 g/mol. The predicted octanol–water partition coefficient (Wildman–Crippen LogP) is 1.66. The lowest BCUT2D eigenvalue weighted by Crippen LogP contribution is -2.34. The fourth-order valence-corrected chi connectivity index (χ4v) is 4.46.